The number of anilines is 2. The van der Waals surface area contributed by atoms with Crippen LogP contribution in [0.25, 0.3) is 0 Å². The van der Waals surface area contributed by atoms with Gasteiger partial charge in [-0.15, -0.1) is 0 Å². The summed E-state index contributed by atoms with van der Waals surface area (Å²) in [6.45, 7) is 1.90. The molecule has 0 spiro atoms. The Morgan fingerprint density at radius 3 is 2.88 bits per heavy atom. The molecule has 2 rings (SSSR count). The van der Waals surface area contributed by atoms with E-state index in [0.29, 0.717) is 10.9 Å². The zero-order valence-electron chi connectivity index (χ0n) is 8.42. The van der Waals surface area contributed by atoms with Gasteiger partial charge in [-0.2, -0.15) is 0 Å². The van der Waals surface area contributed by atoms with Gasteiger partial charge in [0.15, 0.2) is 5.13 Å². The highest BCUT2D eigenvalue weighted by Crippen LogP contribution is 2.31. The summed E-state index contributed by atoms with van der Waals surface area (Å²) in [4.78, 5) is 20.9. The molecule has 0 saturated carbocycles. The van der Waals surface area contributed by atoms with E-state index in [1.807, 2.05) is 19.1 Å². The molecule has 0 N–H and O–H groups in total. The van der Waals surface area contributed by atoms with E-state index in [4.69, 9.17) is 0 Å². The Balaban J connectivity index is 2.44. The molecule has 0 unspecified atom stereocenters. The summed E-state index contributed by atoms with van der Waals surface area (Å²) in [6, 6.07) is 3.74. The van der Waals surface area contributed by atoms with E-state index in [2.05, 4.69) is 25.9 Å². The third-order valence-corrected chi connectivity index (χ3v) is 3.46. The number of aryl methyl sites for hydroxylation is 1. The van der Waals surface area contributed by atoms with Gasteiger partial charge in [0.05, 0.1) is 9.98 Å². The summed E-state index contributed by atoms with van der Waals surface area (Å²) in [5.74, 6) is 0.611. The number of halogens is 1. The van der Waals surface area contributed by atoms with Crippen molar-refractivity contribution in [1.29, 1.82) is 0 Å². The number of hydrogen-bond acceptors (Lipinski definition) is 4. The van der Waals surface area contributed by atoms with Gasteiger partial charge in [-0.3, -0.25) is 4.79 Å². The summed E-state index contributed by atoms with van der Waals surface area (Å²) in [5, 5.41) is 0.601. The zero-order chi connectivity index (χ0) is 11.5. The molecule has 0 saturated heterocycles. The van der Waals surface area contributed by atoms with Crippen LogP contribution in [0.5, 0.6) is 0 Å². The molecule has 2 heterocycles. The summed E-state index contributed by atoms with van der Waals surface area (Å²) in [7, 11) is 0. The maximum absolute atomic E-state index is 11.1. The number of carbonyl (C=O) groups excluding carboxylic acids is 1. The molecule has 0 atom stereocenters. The Hall–Kier alpha value is -1.27. The molecule has 0 radical (unpaired) electrons. The van der Waals surface area contributed by atoms with Crippen molar-refractivity contribution in [3.8, 4) is 0 Å². The van der Waals surface area contributed by atoms with Gasteiger partial charge < -0.3 is 0 Å². The van der Waals surface area contributed by atoms with Gasteiger partial charge in [0.25, 0.3) is 0 Å². The standard InChI is InChI=1S/C10H8BrN3OS/c1-7-3-2-4-12-9(7)14(6-15)10-13-5-8(11)16-10/h2-6H,1H3. The minimum absolute atomic E-state index is 0.601. The van der Waals surface area contributed by atoms with Crippen LogP contribution in [0.2, 0.25) is 0 Å². The Morgan fingerprint density at radius 1 is 1.50 bits per heavy atom. The molecule has 0 aromatic carbocycles. The van der Waals surface area contributed by atoms with Crippen molar-refractivity contribution in [3.05, 3.63) is 33.9 Å². The first-order valence-corrected chi connectivity index (χ1v) is 6.11. The summed E-state index contributed by atoms with van der Waals surface area (Å²) < 4.78 is 0.878. The van der Waals surface area contributed by atoms with Crippen molar-refractivity contribution >= 4 is 44.6 Å². The first-order chi connectivity index (χ1) is 7.72. The average Bonchev–Trinajstić information content (AvgIpc) is 2.69. The van der Waals surface area contributed by atoms with E-state index in [-0.39, 0.29) is 0 Å². The van der Waals surface area contributed by atoms with E-state index >= 15 is 0 Å². The number of hydrogen-bond donors (Lipinski definition) is 0. The lowest BCUT2D eigenvalue weighted by Gasteiger charge is -2.14. The van der Waals surface area contributed by atoms with Crippen LogP contribution in [-0.2, 0) is 4.79 Å². The third kappa shape index (κ3) is 2.12. The van der Waals surface area contributed by atoms with Gasteiger partial charge >= 0.3 is 0 Å². The maximum Gasteiger partial charge on any atom is 0.221 e. The highest BCUT2D eigenvalue weighted by atomic mass is 79.9. The Labute approximate surface area is 105 Å². The van der Waals surface area contributed by atoms with E-state index in [1.54, 1.807) is 12.4 Å². The monoisotopic (exact) mass is 297 g/mol. The summed E-state index contributed by atoms with van der Waals surface area (Å²) >= 11 is 4.70. The minimum Gasteiger partial charge on any atom is -0.278 e. The van der Waals surface area contributed by atoms with Crippen LogP contribution in [0, 0.1) is 6.92 Å². The molecule has 16 heavy (non-hydrogen) atoms. The zero-order valence-corrected chi connectivity index (χ0v) is 10.8. The van der Waals surface area contributed by atoms with Crippen LogP contribution in [-0.4, -0.2) is 16.4 Å². The number of pyridine rings is 1. The number of nitrogens with zero attached hydrogens (tertiary/aromatic N) is 3. The maximum atomic E-state index is 11.1. The largest absolute Gasteiger partial charge is 0.278 e. The molecule has 0 bridgehead atoms. The first kappa shape index (κ1) is 11.2. The van der Waals surface area contributed by atoms with Crippen LogP contribution in [0.1, 0.15) is 5.56 Å². The number of carbonyl (C=O) groups is 1. The Morgan fingerprint density at radius 2 is 2.31 bits per heavy atom. The second-order valence-corrected chi connectivity index (χ2v) is 5.45. The molecule has 2 aromatic heterocycles. The number of rotatable bonds is 3. The Bertz CT molecular complexity index is 514. The lowest BCUT2D eigenvalue weighted by atomic mass is 10.3. The van der Waals surface area contributed by atoms with Crippen molar-refractivity contribution < 1.29 is 4.79 Å². The van der Waals surface area contributed by atoms with Crippen molar-refractivity contribution in [1.82, 2.24) is 9.97 Å². The topological polar surface area (TPSA) is 46.1 Å². The molecule has 4 nitrogen and oxygen atoms in total. The molecular formula is C10H8BrN3OS. The summed E-state index contributed by atoms with van der Waals surface area (Å²) in [5.41, 5.74) is 0.931. The van der Waals surface area contributed by atoms with Crippen LogP contribution in [0.15, 0.2) is 28.3 Å². The van der Waals surface area contributed by atoms with Crippen molar-refractivity contribution in [2.75, 3.05) is 4.90 Å². The molecule has 1 amide bonds. The summed E-state index contributed by atoms with van der Waals surface area (Å²) in [6.07, 6.45) is 4.04. The lowest BCUT2D eigenvalue weighted by Crippen LogP contribution is -2.16. The van der Waals surface area contributed by atoms with E-state index in [0.717, 1.165) is 15.8 Å². The van der Waals surface area contributed by atoms with Crippen LogP contribution >= 0.6 is 27.3 Å². The van der Waals surface area contributed by atoms with E-state index in [1.165, 1.54) is 16.2 Å². The van der Waals surface area contributed by atoms with Gasteiger partial charge in [-0.1, -0.05) is 17.4 Å². The SMILES string of the molecule is Cc1cccnc1N(C=O)c1ncc(Br)s1. The number of aromatic nitrogens is 2. The lowest BCUT2D eigenvalue weighted by molar-refractivity contribution is -0.106. The predicted molar refractivity (Wildman–Crippen MR) is 67.0 cm³/mol. The normalized spacial score (nSPS) is 10.1. The molecule has 0 aliphatic heterocycles. The highest BCUT2D eigenvalue weighted by Gasteiger charge is 2.14. The minimum atomic E-state index is 0.601. The second kappa shape index (κ2) is 4.71. The number of amides is 1. The highest BCUT2D eigenvalue weighted by molar-refractivity contribution is 9.11. The van der Waals surface area contributed by atoms with Crippen LogP contribution in [0.4, 0.5) is 10.9 Å². The molecule has 82 valence electrons. The van der Waals surface area contributed by atoms with Crippen molar-refractivity contribution in [2.24, 2.45) is 0 Å². The van der Waals surface area contributed by atoms with Gasteiger partial charge in [-0.05, 0) is 34.5 Å². The van der Waals surface area contributed by atoms with E-state index in [9.17, 15) is 4.79 Å². The number of thiazole rings is 1. The van der Waals surface area contributed by atoms with Crippen LogP contribution in [0.3, 0.4) is 0 Å². The fraction of sp³-hybridized carbons (Fsp3) is 0.100. The van der Waals surface area contributed by atoms with Gasteiger partial charge in [-0.25, -0.2) is 14.9 Å². The smallest absolute Gasteiger partial charge is 0.221 e. The van der Waals surface area contributed by atoms with Gasteiger partial charge in [0.2, 0.25) is 6.41 Å². The predicted octanol–water partition coefficient (Wildman–Crippen LogP) is 2.90. The molecule has 0 aliphatic rings. The van der Waals surface area contributed by atoms with Gasteiger partial charge in [0.1, 0.15) is 5.82 Å². The fourth-order valence-electron chi connectivity index (χ4n) is 1.27. The Kier molecular flexibility index (Phi) is 3.31. The molecule has 2 aromatic rings. The van der Waals surface area contributed by atoms with Gasteiger partial charge in [0, 0.05) is 6.20 Å². The van der Waals surface area contributed by atoms with E-state index < -0.39 is 0 Å². The third-order valence-electron chi connectivity index (χ3n) is 1.99. The molecule has 6 heteroatoms. The molecular weight excluding hydrogens is 290 g/mol. The second-order valence-electron chi connectivity index (χ2n) is 3.07. The van der Waals surface area contributed by atoms with Crippen LogP contribution < -0.4 is 4.90 Å². The van der Waals surface area contributed by atoms with Crippen molar-refractivity contribution in [3.63, 3.8) is 0 Å². The first-order valence-electron chi connectivity index (χ1n) is 4.50. The quantitative estimate of drug-likeness (QED) is 0.819. The molecule has 0 aliphatic carbocycles. The molecule has 0 fully saturated rings. The fourth-order valence-corrected chi connectivity index (χ4v) is 2.42. The van der Waals surface area contributed by atoms with Crippen molar-refractivity contribution in [2.45, 2.75) is 6.92 Å². The average molecular weight is 298 g/mol.